The predicted octanol–water partition coefficient (Wildman–Crippen LogP) is 3.23. The number of benzene rings is 1. The van der Waals surface area contributed by atoms with Crippen LogP contribution in [0.4, 0.5) is 5.13 Å². The maximum Gasteiger partial charge on any atom is 0.194 e. The molecule has 0 saturated carbocycles. The summed E-state index contributed by atoms with van der Waals surface area (Å²) in [4.78, 5) is 15.9. The van der Waals surface area contributed by atoms with Crippen LogP contribution in [0.5, 0.6) is 0 Å². The lowest BCUT2D eigenvalue weighted by Gasteiger charge is -2.36. The van der Waals surface area contributed by atoms with Crippen LogP contribution < -0.4 is 10.2 Å². The molecule has 1 aliphatic heterocycles. The Balaban J connectivity index is 0.00000300. The normalized spacial score (nSPS) is 15.4. The average Bonchev–Trinajstić information content (AvgIpc) is 3.20. The minimum atomic E-state index is 0. The van der Waals surface area contributed by atoms with Crippen LogP contribution in [-0.4, -0.2) is 74.6 Å². The Morgan fingerprint density at radius 3 is 2.55 bits per heavy atom. The molecule has 2 heterocycles. The Morgan fingerprint density at radius 1 is 1.21 bits per heavy atom. The van der Waals surface area contributed by atoms with E-state index in [1.165, 1.54) is 5.56 Å². The summed E-state index contributed by atoms with van der Waals surface area (Å²) in [5.41, 5.74) is 2.31. The van der Waals surface area contributed by atoms with Crippen molar-refractivity contribution in [2.24, 2.45) is 4.99 Å². The zero-order valence-electron chi connectivity index (χ0n) is 17.4. The summed E-state index contributed by atoms with van der Waals surface area (Å²) in [7, 11) is 5.89. The van der Waals surface area contributed by atoms with Crippen molar-refractivity contribution in [3.8, 4) is 0 Å². The number of thiazole rings is 1. The molecular formula is C21H31IN6S. The van der Waals surface area contributed by atoms with Crippen molar-refractivity contribution < 1.29 is 0 Å². The van der Waals surface area contributed by atoms with Gasteiger partial charge in [0.1, 0.15) is 0 Å². The summed E-state index contributed by atoms with van der Waals surface area (Å²) in [6.07, 6.45) is 4.45. The van der Waals surface area contributed by atoms with E-state index in [0.29, 0.717) is 6.54 Å². The van der Waals surface area contributed by atoms with Crippen LogP contribution in [-0.2, 0) is 6.54 Å². The lowest BCUT2D eigenvalue weighted by molar-refractivity contribution is 0.194. The van der Waals surface area contributed by atoms with Gasteiger partial charge in [0.15, 0.2) is 11.1 Å². The first kappa shape index (κ1) is 23.6. The van der Waals surface area contributed by atoms with Gasteiger partial charge in [-0.3, -0.25) is 9.89 Å². The average molecular weight is 526 g/mol. The molecule has 1 aliphatic rings. The highest BCUT2D eigenvalue weighted by atomic mass is 127. The smallest absolute Gasteiger partial charge is 0.194 e. The third kappa shape index (κ3) is 7.27. The maximum absolute atomic E-state index is 4.62. The van der Waals surface area contributed by atoms with Crippen molar-refractivity contribution in [2.45, 2.75) is 6.54 Å². The van der Waals surface area contributed by atoms with Gasteiger partial charge in [-0.25, -0.2) is 4.98 Å². The van der Waals surface area contributed by atoms with Crippen LogP contribution in [0, 0.1) is 0 Å². The van der Waals surface area contributed by atoms with Gasteiger partial charge in [-0.2, -0.15) is 0 Å². The van der Waals surface area contributed by atoms with Crippen molar-refractivity contribution in [3.63, 3.8) is 0 Å². The van der Waals surface area contributed by atoms with E-state index in [4.69, 9.17) is 0 Å². The van der Waals surface area contributed by atoms with E-state index in [1.807, 2.05) is 32.1 Å². The van der Waals surface area contributed by atoms with Gasteiger partial charge in [0.25, 0.3) is 0 Å². The van der Waals surface area contributed by atoms with E-state index < -0.39 is 0 Å². The summed E-state index contributed by atoms with van der Waals surface area (Å²) in [5, 5.41) is 6.59. The summed E-state index contributed by atoms with van der Waals surface area (Å²) >= 11 is 1.67. The molecule has 2 aromatic rings. The number of piperazine rings is 1. The van der Waals surface area contributed by atoms with Crippen LogP contribution in [0.1, 0.15) is 11.3 Å². The minimum Gasteiger partial charge on any atom is -0.354 e. The van der Waals surface area contributed by atoms with Crippen LogP contribution in [0.3, 0.4) is 0 Å². The molecule has 1 aromatic carbocycles. The first-order valence-electron chi connectivity index (χ1n) is 9.67. The van der Waals surface area contributed by atoms with E-state index in [-0.39, 0.29) is 24.0 Å². The Bertz CT molecular complexity index is 781. The van der Waals surface area contributed by atoms with E-state index in [0.717, 1.165) is 49.5 Å². The monoisotopic (exact) mass is 526 g/mol. The van der Waals surface area contributed by atoms with Crippen molar-refractivity contribution in [3.05, 3.63) is 53.0 Å². The number of nitrogens with one attached hydrogen (secondary N) is 1. The van der Waals surface area contributed by atoms with Crippen molar-refractivity contribution in [2.75, 3.05) is 58.8 Å². The number of guanidine groups is 1. The number of hydrogen-bond donors (Lipinski definition) is 1. The molecule has 0 unspecified atom stereocenters. The molecule has 0 atom stereocenters. The molecule has 1 N–H and O–H groups in total. The second kappa shape index (κ2) is 12.1. The number of aliphatic imine (C=N–C) groups is 1. The summed E-state index contributed by atoms with van der Waals surface area (Å²) in [5.74, 6) is 0.957. The topological polar surface area (TPSA) is 47.0 Å². The van der Waals surface area contributed by atoms with Gasteiger partial charge in [-0.05, 0) is 5.56 Å². The molecule has 1 saturated heterocycles. The van der Waals surface area contributed by atoms with Gasteiger partial charge < -0.3 is 15.1 Å². The first-order chi connectivity index (χ1) is 13.7. The SMILES string of the molecule is CN=C(NCc1csc(N(C)C)n1)N1CCN(C/C=C/c2ccccc2)CC1.I. The fourth-order valence-corrected chi connectivity index (χ4v) is 3.89. The standard InChI is InChI=1S/C21H30N6S.HI/c1-22-20(23-16-19-17-28-21(24-19)25(2)3)27-14-12-26(13-15-27)11-7-10-18-8-5-4-6-9-18;/h4-10,17H,11-16H2,1-3H3,(H,22,23);1H/b10-7+;. The first-order valence-corrected chi connectivity index (χ1v) is 10.5. The van der Waals surface area contributed by atoms with Gasteiger partial charge >= 0.3 is 0 Å². The lowest BCUT2D eigenvalue weighted by Crippen LogP contribution is -2.52. The van der Waals surface area contributed by atoms with Gasteiger partial charge in [-0.1, -0.05) is 42.5 Å². The van der Waals surface area contributed by atoms with Gasteiger partial charge in [0, 0.05) is 59.2 Å². The predicted molar refractivity (Wildman–Crippen MR) is 136 cm³/mol. The van der Waals surface area contributed by atoms with E-state index in [2.05, 4.69) is 66.9 Å². The Hall–Kier alpha value is -1.65. The molecule has 6 nitrogen and oxygen atoms in total. The molecule has 29 heavy (non-hydrogen) atoms. The molecule has 0 bridgehead atoms. The fraction of sp³-hybridized carbons (Fsp3) is 0.429. The van der Waals surface area contributed by atoms with Crippen molar-refractivity contribution in [1.82, 2.24) is 20.1 Å². The summed E-state index contributed by atoms with van der Waals surface area (Å²) in [6, 6.07) is 10.5. The molecule has 0 spiro atoms. The molecule has 1 aromatic heterocycles. The largest absolute Gasteiger partial charge is 0.354 e. The second-order valence-corrected chi connectivity index (χ2v) is 7.85. The summed E-state index contributed by atoms with van der Waals surface area (Å²) < 4.78 is 0. The maximum atomic E-state index is 4.62. The number of rotatable bonds is 6. The molecule has 1 fully saturated rings. The number of anilines is 1. The summed E-state index contributed by atoms with van der Waals surface area (Å²) in [6.45, 7) is 5.75. The molecular weight excluding hydrogens is 495 g/mol. The number of aromatic nitrogens is 1. The zero-order chi connectivity index (χ0) is 19.8. The van der Waals surface area contributed by atoms with Crippen LogP contribution >= 0.6 is 35.3 Å². The molecule has 0 amide bonds. The highest BCUT2D eigenvalue weighted by molar-refractivity contribution is 14.0. The molecule has 3 rings (SSSR count). The minimum absolute atomic E-state index is 0. The molecule has 158 valence electrons. The number of hydrogen-bond acceptors (Lipinski definition) is 5. The Morgan fingerprint density at radius 2 is 1.93 bits per heavy atom. The van der Waals surface area contributed by atoms with Crippen LogP contribution in [0.2, 0.25) is 0 Å². The highest BCUT2D eigenvalue weighted by Crippen LogP contribution is 2.17. The molecule has 0 radical (unpaired) electrons. The Labute approximate surface area is 195 Å². The second-order valence-electron chi connectivity index (χ2n) is 7.02. The third-order valence-electron chi connectivity index (χ3n) is 4.71. The molecule has 8 heteroatoms. The van der Waals surface area contributed by atoms with Crippen molar-refractivity contribution >= 4 is 52.5 Å². The number of nitrogens with zero attached hydrogens (tertiary/aromatic N) is 5. The third-order valence-corrected chi connectivity index (χ3v) is 5.76. The van der Waals surface area contributed by atoms with Gasteiger partial charge in [-0.15, -0.1) is 35.3 Å². The van der Waals surface area contributed by atoms with Crippen molar-refractivity contribution in [1.29, 1.82) is 0 Å². The fourth-order valence-electron chi connectivity index (χ4n) is 3.13. The zero-order valence-corrected chi connectivity index (χ0v) is 20.6. The highest BCUT2D eigenvalue weighted by Gasteiger charge is 2.18. The van der Waals surface area contributed by atoms with Gasteiger partial charge in [0.2, 0.25) is 0 Å². The molecule has 0 aliphatic carbocycles. The van der Waals surface area contributed by atoms with Crippen LogP contribution in [0.25, 0.3) is 6.08 Å². The quantitative estimate of drug-likeness (QED) is 0.356. The van der Waals surface area contributed by atoms with Gasteiger partial charge in [0.05, 0.1) is 12.2 Å². The number of halogens is 1. The van der Waals surface area contributed by atoms with Crippen LogP contribution in [0.15, 0.2) is 46.8 Å². The van der Waals surface area contributed by atoms with E-state index >= 15 is 0 Å². The van der Waals surface area contributed by atoms with E-state index in [9.17, 15) is 0 Å². The van der Waals surface area contributed by atoms with E-state index in [1.54, 1.807) is 11.3 Å². The Kier molecular flexibility index (Phi) is 9.89. The lowest BCUT2D eigenvalue weighted by atomic mass is 10.2.